The van der Waals surface area contributed by atoms with Gasteiger partial charge in [-0.1, -0.05) is 13.0 Å². The first-order valence-corrected chi connectivity index (χ1v) is 11.8. The summed E-state index contributed by atoms with van der Waals surface area (Å²) >= 11 is 0. The van der Waals surface area contributed by atoms with Gasteiger partial charge in [0.25, 0.3) is 0 Å². The highest BCUT2D eigenvalue weighted by Crippen LogP contribution is 2.38. The number of nitrogens with one attached hydrogen (secondary N) is 2. The van der Waals surface area contributed by atoms with Crippen LogP contribution in [-0.4, -0.2) is 47.5 Å². The molecule has 3 rings (SSSR count). The molecule has 2 aromatic rings. The normalized spacial score (nSPS) is 16.6. The minimum absolute atomic E-state index is 0.00569. The standard InChI is InChI=1S/C26H34FN3O5/c1-5-16(14-24(31)32)17-8-11-22(30-12-6-7-23(30)26(2,3)34)21(13-17)29-25(33)28-20-10-9-18(35-4)15-19(20)27/h8-11,13,15-16,23,34H,5-7,12,14H2,1-4H3,(H,31,32)(H2,28,29,33). The highest BCUT2D eigenvalue weighted by atomic mass is 19.1. The second-order valence-corrected chi connectivity index (χ2v) is 9.41. The van der Waals surface area contributed by atoms with Crippen LogP contribution in [0, 0.1) is 5.82 Å². The molecule has 2 unspecified atom stereocenters. The number of benzene rings is 2. The number of methoxy groups -OCH3 is 1. The predicted octanol–water partition coefficient (Wildman–Crippen LogP) is 5.19. The fourth-order valence-electron chi connectivity index (χ4n) is 4.66. The molecule has 0 radical (unpaired) electrons. The highest BCUT2D eigenvalue weighted by molar-refractivity contribution is 6.02. The Balaban J connectivity index is 1.94. The smallest absolute Gasteiger partial charge is 0.323 e. The van der Waals surface area contributed by atoms with Gasteiger partial charge in [0.05, 0.1) is 42.2 Å². The first-order chi connectivity index (χ1) is 16.5. The van der Waals surface area contributed by atoms with Crippen molar-refractivity contribution >= 4 is 29.1 Å². The molecule has 0 bridgehead atoms. The van der Waals surface area contributed by atoms with Gasteiger partial charge in [0.2, 0.25) is 0 Å². The van der Waals surface area contributed by atoms with Gasteiger partial charge in [-0.25, -0.2) is 9.18 Å². The molecule has 35 heavy (non-hydrogen) atoms. The zero-order valence-corrected chi connectivity index (χ0v) is 20.6. The average Bonchev–Trinajstić information content (AvgIpc) is 3.29. The van der Waals surface area contributed by atoms with E-state index in [2.05, 4.69) is 15.5 Å². The number of halogens is 1. The van der Waals surface area contributed by atoms with Crippen LogP contribution in [0.2, 0.25) is 0 Å². The summed E-state index contributed by atoms with van der Waals surface area (Å²) in [6.07, 6.45) is 2.26. The molecule has 8 nitrogen and oxygen atoms in total. The molecule has 1 heterocycles. The van der Waals surface area contributed by atoms with E-state index in [1.165, 1.54) is 19.2 Å². The lowest BCUT2D eigenvalue weighted by atomic mass is 9.92. The minimum Gasteiger partial charge on any atom is -0.497 e. The number of carbonyl (C=O) groups excluding carboxylic acids is 1. The average molecular weight is 488 g/mol. The number of anilines is 3. The van der Waals surface area contributed by atoms with E-state index in [1.54, 1.807) is 26.0 Å². The predicted molar refractivity (Wildman–Crippen MR) is 134 cm³/mol. The zero-order valence-electron chi connectivity index (χ0n) is 20.6. The number of ether oxygens (including phenoxy) is 1. The van der Waals surface area contributed by atoms with Crippen LogP contribution in [0.3, 0.4) is 0 Å². The Morgan fingerprint density at radius 2 is 1.91 bits per heavy atom. The molecule has 190 valence electrons. The largest absolute Gasteiger partial charge is 0.497 e. The number of aliphatic hydroxyl groups is 1. The number of amides is 2. The lowest BCUT2D eigenvalue weighted by Crippen LogP contribution is -2.46. The number of carboxylic acid groups (broad SMARTS) is 1. The second-order valence-electron chi connectivity index (χ2n) is 9.41. The van der Waals surface area contributed by atoms with Gasteiger partial charge in [0, 0.05) is 12.6 Å². The van der Waals surface area contributed by atoms with E-state index in [9.17, 15) is 24.2 Å². The van der Waals surface area contributed by atoms with Crippen LogP contribution in [0.25, 0.3) is 0 Å². The molecule has 0 spiro atoms. The number of urea groups is 1. The van der Waals surface area contributed by atoms with E-state index in [0.29, 0.717) is 30.1 Å². The summed E-state index contributed by atoms with van der Waals surface area (Å²) in [4.78, 5) is 26.3. The number of hydrogen-bond donors (Lipinski definition) is 4. The summed E-state index contributed by atoms with van der Waals surface area (Å²) < 4.78 is 19.4. The van der Waals surface area contributed by atoms with Gasteiger partial charge in [-0.15, -0.1) is 0 Å². The van der Waals surface area contributed by atoms with E-state index in [0.717, 1.165) is 18.4 Å². The summed E-state index contributed by atoms with van der Waals surface area (Å²) in [5.41, 5.74) is 0.996. The minimum atomic E-state index is -0.962. The zero-order chi connectivity index (χ0) is 25.8. The molecule has 2 atom stereocenters. The summed E-state index contributed by atoms with van der Waals surface area (Å²) in [7, 11) is 1.43. The fraction of sp³-hybridized carbons (Fsp3) is 0.462. The Morgan fingerprint density at radius 1 is 1.20 bits per heavy atom. The summed E-state index contributed by atoms with van der Waals surface area (Å²) in [5, 5.41) is 25.4. The number of carboxylic acids is 1. The van der Waals surface area contributed by atoms with Crippen LogP contribution in [-0.2, 0) is 4.79 Å². The summed E-state index contributed by atoms with van der Waals surface area (Å²) in [5.74, 6) is -1.43. The maximum absolute atomic E-state index is 14.4. The third-order valence-electron chi connectivity index (χ3n) is 6.46. The van der Waals surface area contributed by atoms with Crippen LogP contribution in [0.4, 0.5) is 26.2 Å². The number of carbonyl (C=O) groups is 2. The summed E-state index contributed by atoms with van der Waals surface area (Å²) in [6.45, 7) is 6.13. The van der Waals surface area contributed by atoms with Crippen molar-refractivity contribution in [3.05, 3.63) is 47.8 Å². The Kier molecular flexibility index (Phi) is 8.22. The number of hydrogen-bond acceptors (Lipinski definition) is 5. The molecule has 1 aliphatic heterocycles. The van der Waals surface area contributed by atoms with E-state index >= 15 is 0 Å². The number of aliphatic carboxylic acids is 1. The first kappa shape index (κ1) is 26.3. The maximum Gasteiger partial charge on any atom is 0.323 e. The fourth-order valence-corrected chi connectivity index (χ4v) is 4.66. The van der Waals surface area contributed by atoms with Crippen molar-refractivity contribution in [2.45, 2.75) is 64.0 Å². The van der Waals surface area contributed by atoms with Gasteiger partial charge in [0.1, 0.15) is 11.6 Å². The van der Waals surface area contributed by atoms with Crippen LogP contribution in [0.15, 0.2) is 36.4 Å². The first-order valence-electron chi connectivity index (χ1n) is 11.8. The van der Waals surface area contributed by atoms with Crippen LogP contribution >= 0.6 is 0 Å². The molecule has 2 aromatic carbocycles. The lowest BCUT2D eigenvalue weighted by Gasteiger charge is -2.36. The van der Waals surface area contributed by atoms with Crippen molar-refractivity contribution in [2.75, 3.05) is 29.2 Å². The molecule has 0 saturated carbocycles. The summed E-state index contributed by atoms with van der Waals surface area (Å²) in [6, 6.07) is 8.84. The quantitative estimate of drug-likeness (QED) is 0.388. The van der Waals surface area contributed by atoms with Crippen molar-refractivity contribution in [1.82, 2.24) is 0 Å². The van der Waals surface area contributed by atoms with Crippen molar-refractivity contribution < 1.29 is 28.9 Å². The molecule has 1 aliphatic rings. The number of nitrogens with zero attached hydrogens (tertiary/aromatic N) is 1. The van der Waals surface area contributed by atoms with Gasteiger partial charge in [-0.05, 0) is 68.9 Å². The monoisotopic (exact) mass is 487 g/mol. The molecular formula is C26H34FN3O5. The third kappa shape index (κ3) is 6.42. The Hall–Kier alpha value is -3.33. The molecule has 4 N–H and O–H groups in total. The van der Waals surface area contributed by atoms with Gasteiger partial charge in [-0.3, -0.25) is 4.79 Å². The van der Waals surface area contributed by atoms with Crippen LogP contribution in [0.1, 0.15) is 57.9 Å². The van der Waals surface area contributed by atoms with Gasteiger partial charge in [0.15, 0.2) is 0 Å². The Labute approximate surface area is 205 Å². The molecule has 1 saturated heterocycles. The topological polar surface area (TPSA) is 111 Å². The van der Waals surface area contributed by atoms with Crippen molar-refractivity contribution in [1.29, 1.82) is 0 Å². The van der Waals surface area contributed by atoms with Gasteiger partial charge >= 0.3 is 12.0 Å². The SMILES string of the molecule is CCC(CC(=O)O)c1ccc(N2CCCC2C(C)(C)O)c(NC(=O)Nc2ccc(OC)cc2F)c1. The highest BCUT2D eigenvalue weighted by Gasteiger charge is 2.37. The maximum atomic E-state index is 14.4. The van der Waals surface area contributed by atoms with E-state index in [1.807, 2.05) is 19.1 Å². The van der Waals surface area contributed by atoms with Crippen molar-refractivity contribution in [2.24, 2.45) is 0 Å². The Bertz CT molecular complexity index is 1070. The molecule has 0 aromatic heterocycles. The molecule has 1 fully saturated rings. The van der Waals surface area contributed by atoms with E-state index in [4.69, 9.17) is 4.74 Å². The molecule has 9 heteroatoms. The lowest BCUT2D eigenvalue weighted by molar-refractivity contribution is -0.137. The van der Waals surface area contributed by atoms with E-state index < -0.39 is 23.4 Å². The molecular weight excluding hydrogens is 453 g/mol. The van der Waals surface area contributed by atoms with Crippen molar-refractivity contribution in [3.8, 4) is 5.75 Å². The second kappa shape index (κ2) is 10.9. The van der Waals surface area contributed by atoms with Crippen LogP contribution in [0.5, 0.6) is 5.75 Å². The van der Waals surface area contributed by atoms with Crippen LogP contribution < -0.4 is 20.3 Å². The van der Waals surface area contributed by atoms with Gasteiger partial charge in [-0.2, -0.15) is 0 Å². The van der Waals surface area contributed by atoms with E-state index in [-0.39, 0.29) is 24.1 Å². The number of rotatable bonds is 9. The van der Waals surface area contributed by atoms with Crippen molar-refractivity contribution in [3.63, 3.8) is 0 Å². The van der Waals surface area contributed by atoms with Gasteiger partial charge < -0.3 is 30.5 Å². The third-order valence-corrected chi connectivity index (χ3v) is 6.46. The molecule has 2 amide bonds. The Morgan fingerprint density at radius 3 is 2.51 bits per heavy atom. The molecule has 0 aliphatic carbocycles.